The maximum atomic E-state index is 5.30. The van der Waals surface area contributed by atoms with Gasteiger partial charge in [-0.05, 0) is 93.1 Å². The van der Waals surface area contributed by atoms with E-state index >= 15 is 0 Å². The second-order valence-corrected chi connectivity index (χ2v) is 11.3. The monoisotopic (exact) mass is 483 g/mol. The summed E-state index contributed by atoms with van der Waals surface area (Å²) in [5, 5.41) is 0. The zero-order valence-corrected chi connectivity index (χ0v) is 22.2. The highest BCUT2D eigenvalue weighted by molar-refractivity contribution is 6.13. The van der Waals surface area contributed by atoms with Gasteiger partial charge in [0, 0.05) is 56.0 Å². The minimum Gasteiger partial charge on any atom is -0.354 e. The number of aromatic nitrogens is 1. The van der Waals surface area contributed by atoms with Crippen LogP contribution in [0.25, 0.3) is 5.57 Å². The molecule has 0 spiro atoms. The molecule has 0 atom stereocenters. The highest BCUT2D eigenvalue weighted by atomic mass is 15.3. The number of piperazine rings is 1. The predicted molar refractivity (Wildman–Crippen MR) is 151 cm³/mol. The highest BCUT2D eigenvalue weighted by Crippen LogP contribution is 2.46. The van der Waals surface area contributed by atoms with Crippen LogP contribution in [0, 0.1) is 0 Å². The van der Waals surface area contributed by atoms with Crippen LogP contribution >= 0.6 is 0 Å². The Morgan fingerprint density at radius 1 is 1.00 bits per heavy atom. The molecule has 0 radical (unpaired) electrons. The molecular weight excluding hydrogens is 442 g/mol. The van der Waals surface area contributed by atoms with Gasteiger partial charge < -0.3 is 9.80 Å². The molecule has 4 aliphatic rings. The summed E-state index contributed by atoms with van der Waals surface area (Å²) in [6.45, 7) is 13.6. The molecule has 4 heterocycles. The van der Waals surface area contributed by atoms with Crippen LogP contribution in [0.4, 0.5) is 11.5 Å². The van der Waals surface area contributed by atoms with Crippen LogP contribution in [0.5, 0.6) is 0 Å². The van der Waals surface area contributed by atoms with E-state index in [0.717, 1.165) is 62.3 Å². The molecule has 5 nitrogen and oxygen atoms in total. The van der Waals surface area contributed by atoms with Gasteiger partial charge in [-0.2, -0.15) is 0 Å². The number of benzene rings is 1. The smallest absolute Gasteiger partial charge is 0.137 e. The van der Waals surface area contributed by atoms with Crippen LogP contribution in [0.1, 0.15) is 73.6 Å². The van der Waals surface area contributed by atoms with Crippen LogP contribution in [-0.4, -0.2) is 72.9 Å². The third-order valence-electron chi connectivity index (χ3n) is 9.07. The fourth-order valence-electron chi connectivity index (χ4n) is 6.59. The second kappa shape index (κ2) is 10.1. The molecule has 36 heavy (non-hydrogen) atoms. The van der Waals surface area contributed by atoms with Crippen molar-refractivity contribution in [3.8, 4) is 0 Å². The van der Waals surface area contributed by atoms with Crippen LogP contribution in [0.3, 0.4) is 0 Å². The van der Waals surface area contributed by atoms with E-state index in [1.54, 1.807) is 0 Å². The molecule has 6 rings (SSSR count). The number of nitrogens with zero attached hydrogens (tertiary/aromatic N) is 5. The fraction of sp³-hybridized carbons (Fsp3) is 0.548. The summed E-state index contributed by atoms with van der Waals surface area (Å²) >= 11 is 0. The van der Waals surface area contributed by atoms with Crippen LogP contribution in [-0.2, 0) is 6.42 Å². The number of piperidine rings is 1. The van der Waals surface area contributed by atoms with Crippen molar-refractivity contribution in [2.75, 3.05) is 51.2 Å². The lowest BCUT2D eigenvalue weighted by Crippen LogP contribution is -2.53. The maximum Gasteiger partial charge on any atom is 0.137 e. The molecule has 5 heteroatoms. The predicted octanol–water partition coefficient (Wildman–Crippen LogP) is 5.67. The first kappa shape index (κ1) is 23.9. The summed E-state index contributed by atoms with van der Waals surface area (Å²) in [7, 11) is 2.25. The Hall–Kier alpha value is -2.50. The number of rotatable bonds is 5. The lowest BCUT2D eigenvalue weighted by Gasteiger charge is -2.42. The third-order valence-corrected chi connectivity index (χ3v) is 9.07. The molecular formula is C31H41N5. The number of hydrogen-bond donors (Lipinski definition) is 0. The Morgan fingerprint density at radius 3 is 2.47 bits per heavy atom. The molecule has 1 saturated carbocycles. The average molecular weight is 484 g/mol. The summed E-state index contributed by atoms with van der Waals surface area (Å²) in [4.78, 5) is 17.9. The molecule has 0 N–H and O–H groups in total. The average Bonchev–Trinajstić information content (AvgIpc) is 2.88. The SMILES string of the molecule is C=C1CC(c2cccnc2N2CCN(C3CCN(C)CC3)CC2)=Nc2cc(CC)cc(C3CCC3)c21. The minimum atomic E-state index is 0.688. The van der Waals surface area contributed by atoms with Crippen LogP contribution < -0.4 is 4.90 Å². The molecule has 2 saturated heterocycles. The number of fused-ring (bicyclic) bond motifs is 1. The first-order chi connectivity index (χ1) is 17.6. The van der Waals surface area contributed by atoms with Crippen molar-refractivity contribution >= 4 is 22.8 Å². The standard InChI is InChI=1S/C31H41N5/c1-4-23-20-27(24-7-5-8-24)30-22(2)19-28(33-29(30)21-23)26-9-6-12-32-31(26)36-17-15-35(16-18-36)25-10-13-34(3)14-11-25/h6,9,12,20-21,24-25H,2,4-5,7-8,10-11,13-19H2,1,3H3. The van der Waals surface area contributed by atoms with E-state index in [0.29, 0.717) is 5.92 Å². The molecule has 0 unspecified atom stereocenters. The van der Waals surface area contributed by atoms with E-state index < -0.39 is 0 Å². The molecule has 0 bridgehead atoms. The van der Waals surface area contributed by atoms with Gasteiger partial charge in [0.25, 0.3) is 0 Å². The Kier molecular flexibility index (Phi) is 6.70. The molecule has 1 aromatic heterocycles. The molecule has 190 valence electrons. The number of allylic oxidation sites excluding steroid dienone is 1. The molecule has 3 aliphatic heterocycles. The largest absolute Gasteiger partial charge is 0.354 e. The first-order valence-corrected chi connectivity index (χ1v) is 14.2. The Bertz CT molecular complexity index is 1150. The van der Waals surface area contributed by atoms with Gasteiger partial charge in [0.15, 0.2) is 0 Å². The lowest BCUT2D eigenvalue weighted by atomic mass is 9.75. The number of anilines is 1. The molecule has 2 aromatic rings. The van der Waals surface area contributed by atoms with Gasteiger partial charge in [0.2, 0.25) is 0 Å². The summed E-state index contributed by atoms with van der Waals surface area (Å²) in [6, 6.07) is 9.77. The van der Waals surface area contributed by atoms with Gasteiger partial charge in [0.1, 0.15) is 5.82 Å². The van der Waals surface area contributed by atoms with Gasteiger partial charge in [-0.15, -0.1) is 0 Å². The molecule has 1 aromatic carbocycles. The van der Waals surface area contributed by atoms with Crippen molar-refractivity contribution in [3.05, 3.63) is 59.3 Å². The van der Waals surface area contributed by atoms with Crippen molar-refractivity contribution in [2.24, 2.45) is 4.99 Å². The number of hydrogen-bond acceptors (Lipinski definition) is 5. The fourth-order valence-corrected chi connectivity index (χ4v) is 6.59. The van der Waals surface area contributed by atoms with E-state index in [4.69, 9.17) is 9.98 Å². The van der Waals surface area contributed by atoms with Gasteiger partial charge in [-0.25, -0.2) is 4.98 Å². The van der Waals surface area contributed by atoms with E-state index in [1.165, 1.54) is 73.0 Å². The molecule has 3 fully saturated rings. The summed E-state index contributed by atoms with van der Waals surface area (Å²) in [5.74, 6) is 1.79. The number of aliphatic imine (C=N–C) groups is 1. The Balaban J connectivity index is 1.26. The third kappa shape index (κ3) is 4.52. The van der Waals surface area contributed by atoms with Crippen molar-refractivity contribution in [3.63, 3.8) is 0 Å². The maximum absolute atomic E-state index is 5.30. The Labute approximate surface area is 216 Å². The number of aryl methyl sites for hydroxylation is 1. The van der Waals surface area contributed by atoms with Crippen LogP contribution in [0.2, 0.25) is 0 Å². The quantitative estimate of drug-likeness (QED) is 0.549. The minimum absolute atomic E-state index is 0.688. The van der Waals surface area contributed by atoms with Crippen molar-refractivity contribution in [2.45, 2.75) is 63.8 Å². The van der Waals surface area contributed by atoms with E-state index in [2.05, 4.69) is 59.5 Å². The topological polar surface area (TPSA) is 35.0 Å². The van der Waals surface area contributed by atoms with Crippen molar-refractivity contribution in [1.82, 2.24) is 14.8 Å². The van der Waals surface area contributed by atoms with E-state index in [-0.39, 0.29) is 0 Å². The lowest BCUT2D eigenvalue weighted by molar-refractivity contribution is 0.115. The number of likely N-dealkylation sites (tertiary alicyclic amines) is 1. The zero-order chi connectivity index (χ0) is 24.6. The highest BCUT2D eigenvalue weighted by Gasteiger charge is 2.31. The molecule has 0 amide bonds. The van der Waals surface area contributed by atoms with Crippen LogP contribution in [0.15, 0.2) is 42.0 Å². The van der Waals surface area contributed by atoms with Gasteiger partial charge in [0.05, 0.1) is 11.4 Å². The summed E-state index contributed by atoms with van der Waals surface area (Å²) in [5.41, 5.74) is 8.89. The zero-order valence-electron chi connectivity index (χ0n) is 22.2. The van der Waals surface area contributed by atoms with E-state index in [9.17, 15) is 0 Å². The van der Waals surface area contributed by atoms with Crippen molar-refractivity contribution in [1.29, 1.82) is 0 Å². The van der Waals surface area contributed by atoms with Gasteiger partial charge >= 0.3 is 0 Å². The Morgan fingerprint density at radius 2 is 1.78 bits per heavy atom. The van der Waals surface area contributed by atoms with Crippen molar-refractivity contribution < 1.29 is 0 Å². The second-order valence-electron chi connectivity index (χ2n) is 11.3. The summed E-state index contributed by atoms with van der Waals surface area (Å²) in [6.07, 6.45) is 10.4. The van der Waals surface area contributed by atoms with Gasteiger partial charge in [-0.1, -0.05) is 26.0 Å². The molecule has 1 aliphatic carbocycles. The van der Waals surface area contributed by atoms with Gasteiger partial charge in [-0.3, -0.25) is 9.89 Å². The summed E-state index contributed by atoms with van der Waals surface area (Å²) < 4.78 is 0. The first-order valence-electron chi connectivity index (χ1n) is 14.2. The van der Waals surface area contributed by atoms with E-state index in [1.807, 2.05) is 6.20 Å². The number of pyridine rings is 1. The normalized spacial score (nSPS) is 22.3.